The normalized spacial score (nSPS) is 12.9. The van der Waals surface area contributed by atoms with E-state index in [1.807, 2.05) is 48.1 Å². The summed E-state index contributed by atoms with van der Waals surface area (Å²) in [5, 5.41) is 15.3. The zero-order valence-corrected chi connectivity index (χ0v) is 16.7. The second-order valence-corrected chi connectivity index (χ2v) is 6.92. The van der Waals surface area contributed by atoms with Gasteiger partial charge in [-0.25, -0.2) is 0 Å². The number of H-pyrrole nitrogens is 1. The molecular weight excluding hydrogens is 376 g/mol. The average molecular weight is 401 g/mol. The van der Waals surface area contributed by atoms with Crippen molar-refractivity contribution >= 4 is 18.3 Å². The first-order valence-corrected chi connectivity index (χ1v) is 9.29. The fourth-order valence-corrected chi connectivity index (χ4v) is 3.34. The molecule has 0 radical (unpaired) electrons. The third-order valence-corrected chi connectivity index (χ3v) is 4.85. The van der Waals surface area contributed by atoms with Crippen LogP contribution < -0.4 is 5.32 Å². The number of aromatic amines is 1. The number of amides is 1. The van der Waals surface area contributed by atoms with Crippen LogP contribution in [0, 0.1) is 0 Å². The Bertz CT molecular complexity index is 896. The van der Waals surface area contributed by atoms with E-state index < -0.39 is 0 Å². The number of halogens is 1. The Morgan fingerprint density at radius 1 is 1.25 bits per heavy atom. The van der Waals surface area contributed by atoms with Gasteiger partial charge >= 0.3 is 0 Å². The van der Waals surface area contributed by atoms with Crippen molar-refractivity contribution < 1.29 is 4.79 Å². The molecule has 0 fully saturated rings. The predicted octanol–water partition coefficient (Wildman–Crippen LogP) is 2.39. The minimum absolute atomic E-state index is 0. The zero-order valence-electron chi connectivity index (χ0n) is 15.9. The smallest absolute Gasteiger partial charge is 0.223 e. The summed E-state index contributed by atoms with van der Waals surface area (Å²) in [7, 11) is 1.83. The molecule has 7 nitrogen and oxygen atoms in total. The van der Waals surface area contributed by atoms with Crippen molar-refractivity contribution in [3.8, 4) is 11.3 Å². The lowest BCUT2D eigenvalue weighted by molar-refractivity contribution is -0.130. The van der Waals surface area contributed by atoms with Gasteiger partial charge in [-0.2, -0.15) is 10.2 Å². The summed E-state index contributed by atoms with van der Waals surface area (Å²) >= 11 is 0. The number of benzene rings is 1. The van der Waals surface area contributed by atoms with Crippen LogP contribution >= 0.6 is 12.4 Å². The van der Waals surface area contributed by atoms with Gasteiger partial charge in [0.2, 0.25) is 5.91 Å². The molecule has 0 bridgehead atoms. The molecule has 0 saturated heterocycles. The monoisotopic (exact) mass is 400 g/mol. The van der Waals surface area contributed by atoms with E-state index in [0.717, 1.165) is 42.3 Å². The number of aromatic nitrogens is 4. The Hall–Kier alpha value is -2.64. The molecule has 0 unspecified atom stereocenters. The van der Waals surface area contributed by atoms with E-state index in [0.29, 0.717) is 19.4 Å². The number of aryl methyl sites for hydroxylation is 1. The molecule has 0 spiro atoms. The minimum atomic E-state index is 0. The van der Waals surface area contributed by atoms with Crippen LogP contribution in [0.4, 0.5) is 0 Å². The lowest BCUT2D eigenvalue weighted by atomic mass is 10.1. The standard InChI is InChI=1S/C20H24N6O.ClH/c1-25(14-17-12-19(23-22-17)15-5-3-2-4-6-15)20(27)8-7-16-11-18-13-21-9-10-26(18)24-16;/h2-6,11-12,21H,7-10,13-14H2,1H3,(H,22,23);1H. The van der Waals surface area contributed by atoms with Gasteiger partial charge in [-0.05, 0) is 12.1 Å². The van der Waals surface area contributed by atoms with Crippen LogP contribution in [0.15, 0.2) is 42.5 Å². The van der Waals surface area contributed by atoms with Gasteiger partial charge in [0.25, 0.3) is 0 Å². The number of carbonyl (C=O) groups is 1. The quantitative estimate of drug-likeness (QED) is 0.666. The van der Waals surface area contributed by atoms with Gasteiger partial charge in [-0.3, -0.25) is 14.6 Å². The van der Waals surface area contributed by atoms with Crippen LogP contribution in [-0.4, -0.2) is 44.4 Å². The van der Waals surface area contributed by atoms with Gasteiger partial charge in [0.1, 0.15) is 0 Å². The van der Waals surface area contributed by atoms with Crippen LogP contribution in [0.25, 0.3) is 11.3 Å². The highest BCUT2D eigenvalue weighted by molar-refractivity contribution is 5.85. The van der Waals surface area contributed by atoms with E-state index in [1.54, 1.807) is 4.90 Å². The minimum Gasteiger partial charge on any atom is -0.340 e. The van der Waals surface area contributed by atoms with E-state index in [2.05, 4.69) is 26.7 Å². The highest BCUT2D eigenvalue weighted by Crippen LogP contribution is 2.17. The Kier molecular flexibility index (Phi) is 6.49. The Morgan fingerprint density at radius 3 is 2.86 bits per heavy atom. The first-order valence-electron chi connectivity index (χ1n) is 9.29. The number of nitrogens with one attached hydrogen (secondary N) is 2. The summed E-state index contributed by atoms with van der Waals surface area (Å²) in [4.78, 5) is 14.2. The SMILES string of the molecule is CN(Cc1cc(-c2ccccc2)n[nH]1)C(=O)CCc1cc2n(n1)CCNC2.Cl. The van der Waals surface area contributed by atoms with Crippen molar-refractivity contribution in [2.75, 3.05) is 13.6 Å². The van der Waals surface area contributed by atoms with Crippen LogP contribution in [0.2, 0.25) is 0 Å². The van der Waals surface area contributed by atoms with E-state index in [4.69, 9.17) is 0 Å². The van der Waals surface area contributed by atoms with E-state index in [9.17, 15) is 4.79 Å². The van der Waals surface area contributed by atoms with Crippen LogP contribution in [0.1, 0.15) is 23.5 Å². The molecular formula is C20H25ClN6O. The number of nitrogens with zero attached hydrogens (tertiary/aromatic N) is 4. The molecule has 0 saturated carbocycles. The van der Waals surface area contributed by atoms with E-state index in [-0.39, 0.29) is 18.3 Å². The molecule has 1 amide bonds. The fraction of sp³-hybridized carbons (Fsp3) is 0.350. The van der Waals surface area contributed by atoms with Gasteiger partial charge < -0.3 is 10.2 Å². The number of hydrogen-bond donors (Lipinski definition) is 2. The Labute approximate surface area is 170 Å². The van der Waals surface area contributed by atoms with Gasteiger partial charge in [0.05, 0.1) is 35.9 Å². The highest BCUT2D eigenvalue weighted by atomic mass is 35.5. The first kappa shape index (κ1) is 20.1. The molecule has 2 N–H and O–H groups in total. The molecule has 4 rings (SSSR count). The van der Waals surface area contributed by atoms with Gasteiger partial charge in [0, 0.05) is 38.5 Å². The fourth-order valence-electron chi connectivity index (χ4n) is 3.34. The van der Waals surface area contributed by atoms with Crippen molar-refractivity contribution in [3.05, 3.63) is 59.5 Å². The van der Waals surface area contributed by atoms with Crippen LogP contribution in [0.5, 0.6) is 0 Å². The van der Waals surface area contributed by atoms with Gasteiger partial charge in [-0.1, -0.05) is 30.3 Å². The predicted molar refractivity (Wildman–Crippen MR) is 110 cm³/mol. The summed E-state index contributed by atoms with van der Waals surface area (Å²) in [6.07, 6.45) is 1.13. The number of rotatable bonds is 6. The lowest BCUT2D eigenvalue weighted by Crippen LogP contribution is -2.28. The summed E-state index contributed by atoms with van der Waals surface area (Å²) in [5.74, 6) is 0.106. The zero-order chi connectivity index (χ0) is 18.6. The Balaban J connectivity index is 0.00000225. The van der Waals surface area contributed by atoms with Crippen LogP contribution in [-0.2, 0) is 30.8 Å². The number of fused-ring (bicyclic) bond motifs is 1. The molecule has 148 valence electrons. The second kappa shape index (κ2) is 9.03. The maximum atomic E-state index is 12.5. The molecule has 0 aliphatic carbocycles. The molecule has 0 atom stereocenters. The van der Waals surface area contributed by atoms with Crippen molar-refractivity contribution in [2.24, 2.45) is 0 Å². The number of carbonyl (C=O) groups excluding carboxylic acids is 1. The summed E-state index contributed by atoms with van der Waals surface area (Å²) < 4.78 is 2.04. The third-order valence-electron chi connectivity index (χ3n) is 4.85. The molecule has 28 heavy (non-hydrogen) atoms. The third kappa shape index (κ3) is 4.61. The van der Waals surface area contributed by atoms with Crippen molar-refractivity contribution in [1.29, 1.82) is 0 Å². The van der Waals surface area contributed by atoms with Crippen LogP contribution in [0.3, 0.4) is 0 Å². The van der Waals surface area contributed by atoms with Crippen molar-refractivity contribution in [1.82, 2.24) is 30.2 Å². The lowest BCUT2D eigenvalue weighted by Gasteiger charge is -2.15. The second-order valence-electron chi connectivity index (χ2n) is 6.92. The summed E-state index contributed by atoms with van der Waals surface area (Å²) in [6.45, 7) is 3.21. The van der Waals surface area contributed by atoms with E-state index >= 15 is 0 Å². The van der Waals surface area contributed by atoms with Crippen molar-refractivity contribution in [2.45, 2.75) is 32.5 Å². The molecule has 2 aromatic heterocycles. The first-order chi connectivity index (χ1) is 13.2. The van der Waals surface area contributed by atoms with E-state index in [1.165, 1.54) is 5.69 Å². The molecule has 1 aliphatic rings. The summed E-state index contributed by atoms with van der Waals surface area (Å²) in [5.41, 5.74) is 5.07. The molecule has 1 aliphatic heterocycles. The average Bonchev–Trinajstić information content (AvgIpc) is 3.33. The molecule has 3 heterocycles. The molecule has 8 heteroatoms. The Morgan fingerprint density at radius 2 is 2.07 bits per heavy atom. The molecule has 1 aromatic carbocycles. The number of hydrogen-bond acceptors (Lipinski definition) is 4. The maximum absolute atomic E-state index is 12.5. The maximum Gasteiger partial charge on any atom is 0.223 e. The largest absolute Gasteiger partial charge is 0.340 e. The van der Waals surface area contributed by atoms with Gasteiger partial charge in [0.15, 0.2) is 0 Å². The van der Waals surface area contributed by atoms with Gasteiger partial charge in [-0.15, -0.1) is 12.4 Å². The summed E-state index contributed by atoms with van der Waals surface area (Å²) in [6, 6.07) is 14.1. The highest BCUT2D eigenvalue weighted by Gasteiger charge is 2.15. The van der Waals surface area contributed by atoms with Crippen molar-refractivity contribution in [3.63, 3.8) is 0 Å². The topological polar surface area (TPSA) is 78.8 Å². The molecule has 3 aromatic rings.